The number of hydrogen-bond acceptors (Lipinski definition) is 2. The monoisotopic (exact) mass is 198 g/mol. The van der Waals surface area contributed by atoms with Crippen molar-refractivity contribution in [1.29, 1.82) is 0 Å². The lowest BCUT2D eigenvalue weighted by Crippen LogP contribution is -2.31. The Morgan fingerprint density at radius 3 is 2.64 bits per heavy atom. The molecule has 1 atom stereocenters. The number of aliphatic hydroxyl groups is 1. The van der Waals surface area contributed by atoms with Crippen LogP contribution in [0.15, 0.2) is 24.3 Å². The van der Waals surface area contributed by atoms with Crippen LogP contribution in [0.1, 0.15) is 20.3 Å². The molecule has 1 N–H and O–H groups in total. The second kappa shape index (κ2) is 4.42. The Kier molecular flexibility index (Phi) is 3.47. The van der Waals surface area contributed by atoms with Gasteiger partial charge in [0.15, 0.2) is 11.6 Å². The van der Waals surface area contributed by atoms with E-state index in [-0.39, 0.29) is 12.4 Å². The molecule has 0 bridgehead atoms. The van der Waals surface area contributed by atoms with Crippen LogP contribution in [-0.4, -0.2) is 17.3 Å². The summed E-state index contributed by atoms with van der Waals surface area (Å²) in [6.07, 6.45) is 0.571. The molecule has 14 heavy (non-hydrogen) atoms. The zero-order valence-electron chi connectivity index (χ0n) is 8.46. The summed E-state index contributed by atoms with van der Waals surface area (Å²) >= 11 is 0. The van der Waals surface area contributed by atoms with Crippen molar-refractivity contribution in [3.63, 3.8) is 0 Å². The summed E-state index contributed by atoms with van der Waals surface area (Å²) in [5.74, 6) is -0.222. The molecule has 1 unspecified atom stereocenters. The van der Waals surface area contributed by atoms with Gasteiger partial charge in [0, 0.05) is 0 Å². The summed E-state index contributed by atoms with van der Waals surface area (Å²) in [5.41, 5.74) is -0.901. The normalized spacial score (nSPS) is 14.9. The van der Waals surface area contributed by atoms with Crippen molar-refractivity contribution in [2.24, 2.45) is 0 Å². The van der Waals surface area contributed by atoms with Crippen LogP contribution >= 0.6 is 0 Å². The maximum absolute atomic E-state index is 13.1. The quantitative estimate of drug-likeness (QED) is 0.804. The molecule has 0 fully saturated rings. The van der Waals surface area contributed by atoms with E-state index >= 15 is 0 Å². The van der Waals surface area contributed by atoms with Gasteiger partial charge in [-0.2, -0.15) is 0 Å². The van der Waals surface area contributed by atoms with E-state index in [0.29, 0.717) is 6.42 Å². The highest BCUT2D eigenvalue weighted by Gasteiger charge is 2.18. The summed E-state index contributed by atoms with van der Waals surface area (Å²) in [4.78, 5) is 0. The van der Waals surface area contributed by atoms with Crippen LogP contribution in [0.3, 0.4) is 0 Å². The number of rotatable bonds is 4. The van der Waals surface area contributed by atoms with Gasteiger partial charge < -0.3 is 9.84 Å². The van der Waals surface area contributed by atoms with Gasteiger partial charge in [-0.25, -0.2) is 4.39 Å². The van der Waals surface area contributed by atoms with E-state index in [4.69, 9.17) is 4.74 Å². The van der Waals surface area contributed by atoms with Crippen LogP contribution < -0.4 is 4.74 Å². The summed E-state index contributed by atoms with van der Waals surface area (Å²) in [7, 11) is 0. The van der Waals surface area contributed by atoms with Gasteiger partial charge in [-0.1, -0.05) is 19.1 Å². The smallest absolute Gasteiger partial charge is 0.165 e. The second-order valence-corrected chi connectivity index (χ2v) is 3.57. The van der Waals surface area contributed by atoms with Crippen molar-refractivity contribution in [2.75, 3.05) is 6.61 Å². The highest BCUT2D eigenvalue weighted by molar-refractivity contribution is 5.23. The van der Waals surface area contributed by atoms with Gasteiger partial charge in [0.25, 0.3) is 0 Å². The van der Waals surface area contributed by atoms with E-state index in [2.05, 4.69) is 0 Å². The number of hydrogen-bond donors (Lipinski definition) is 1. The molecule has 1 rings (SSSR count). The van der Waals surface area contributed by atoms with Gasteiger partial charge in [-0.3, -0.25) is 0 Å². The minimum Gasteiger partial charge on any atom is -0.488 e. The van der Waals surface area contributed by atoms with Crippen molar-refractivity contribution < 1.29 is 14.2 Å². The number of benzene rings is 1. The molecule has 0 heterocycles. The molecule has 0 aliphatic heterocycles. The van der Waals surface area contributed by atoms with Gasteiger partial charge in [0.2, 0.25) is 0 Å². The van der Waals surface area contributed by atoms with Crippen molar-refractivity contribution in [2.45, 2.75) is 25.9 Å². The van der Waals surface area contributed by atoms with Gasteiger partial charge in [-0.15, -0.1) is 0 Å². The fourth-order valence-corrected chi connectivity index (χ4v) is 0.897. The molecule has 0 saturated carbocycles. The summed E-state index contributed by atoms with van der Waals surface area (Å²) in [5, 5.41) is 9.63. The molecule has 1 aromatic rings. The molecule has 0 aromatic heterocycles. The molecular formula is C11H15FO2. The second-order valence-electron chi connectivity index (χ2n) is 3.57. The molecule has 78 valence electrons. The average molecular weight is 198 g/mol. The Morgan fingerprint density at radius 1 is 1.43 bits per heavy atom. The van der Waals surface area contributed by atoms with E-state index in [1.807, 2.05) is 6.92 Å². The third kappa shape index (κ3) is 3.00. The highest BCUT2D eigenvalue weighted by Crippen LogP contribution is 2.18. The van der Waals surface area contributed by atoms with Crippen LogP contribution in [0.2, 0.25) is 0 Å². The van der Waals surface area contributed by atoms with Crippen molar-refractivity contribution in [1.82, 2.24) is 0 Å². The molecule has 0 radical (unpaired) electrons. The predicted molar refractivity (Wildman–Crippen MR) is 52.8 cm³/mol. The van der Waals surface area contributed by atoms with Crippen molar-refractivity contribution >= 4 is 0 Å². The average Bonchev–Trinajstić information content (AvgIpc) is 2.17. The standard InChI is InChI=1S/C11H15FO2/c1-3-11(2,13)8-14-10-7-5-4-6-9(10)12/h4-7,13H,3,8H2,1-2H3. The first-order valence-corrected chi connectivity index (χ1v) is 4.65. The Hall–Kier alpha value is -1.09. The van der Waals surface area contributed by atoms with Crippen molar-refractivity contribution in [3.8, 4) is 5.75 Å². The first-order chi connectivity index (χ1) is 6.55. The van der Waals surface area contributed by atoms with Gasteiger partial charge in [0.1, 0.15) is 6.61 Å². The molecule has 0 spiro atoms. The SMILES string of the molecule is CCC(C)(O)COc1ccccc1F. The van der Waals surface area contributed by atoms with Gasteiger partial charge in [-0.05, 0) is 25.5 Å². The zero-order valence-corrected chi connectivity index (χ0v) is 8.46. The van der Waals surface area contributed by atoms with Crippen LogP contribution in [0.5, 0.6) is 5.75 Å². The molecule has 2 nitrogen and oxygen atoms in total. The molecule has 1 aromatic carbocycles. The topological polar surface area (TPSA) is 29.5 Å². The van der Waals surface area contributed by atoms with E-state index < -0.39 is 11.4 Å². The Morgan fingerprint density at radius 2 is 2.07 bits per heavy atom. The Balaban J connectivity index is 2.58. The summed E-state index contributed by atoms with van der Waals surface area (Å²) in [6.45, 7) is 3.61. The van der Waals surface area contributed by atoms with Crippen LogP contribution in [0.25, 0.3) is 0 Å². The molecule has 0 amide bonds. The number of ether oxygens (including phenoxy) is 1. The Bertz CT molecular complexity index is 297. The van der Waals surface area contributed by atoms with Gasteiger partial charge >= 0.3 is 0 Å². The lowest BCUT2D eigenvalue weighted by Gasteiger charge is -2.21. The molecule has 0 saturated heterocycles. The fraction of sp³-hybridized carbons (Fsp3) is 0.455. The van der Waals surface area contributed by atoms with Gasteiger partial charge in [0.05, 0.1) is 5.60 Å². The van der Waals surface area contributed by atoms with E-state index in [9.17, 15) is 9.50 Å². The van der Waals surface area contributed by atoms with Crippen LogP contribution in [0.4, 0.5) is 4.39 Å². The first kappa shape index (κ1) is 11.0. The molecule has 0 aliphatic carbocycles. The molecule has 3 heteroatoms. The van der Waals surface area contributed by atoms with Crippen LogP contribution in [-0.2, 0) is 0 Å². The maximum atomic E-state index is 13.1. The number of para-hydroxylation sites is 1. The summed E-state index contributed by atoms with van der Waals surface area (Å²) < 4.78 is 18.2. The third-order valence-electron chi connectivity index (χ3n) is 2.14. The van der Waals surface area contributed by atoms with E-state index in [1.54, 1.807) is 25.1 Å². The molecular weight excluding hydrogens is 183 g/mol. The predicted octanol–water partition coefficient (Wildman–Crippen LogP) is 2.37. The lowest BCUT2D eigenvalue weighted by molar-refractivity contribution is 0.00734. The fourth-order valence-electron chi connectivity index (χ4n) is 0.897. The Labute approximate surface area is 83.3 Å². The zero-order chi connectivity index (χ0) is 10.6. The van der Waals surface area contributed by atoms with E-state index in [0.717, 1.165) is 0 Å². The molecule has 0 aliphatic rings. The van der Waals surface area contributed by atoms with E-state index in [1.165, 1.54) is 6.07 Å². The van der Waals surface area contributed by atoms with Crippen LogP contribution in [0, 0.1) is 5.82 Å². The third-order valence-corrected chi connectivity index (χ3v) is 2.14. The summed E-state index contributed by atoms with van der Waals surface area (Å²) in [6, 6.07) is 6.16. The lowest BCUT2D eigenvalue weighted by atomic mass is 10.1. The minimum absolute atomic E-state index is 0.102. The maximum Gasteiger partial charge on any atom is 0.165 e. The number of halogens is 1. The first-order valence-electron chi connectivity index (χ1n) is 4.65. The highest BCUT2D eigenvalue weighted by atomic mass is 19.1. The van der Waals surface area contributed by atoms with Crippen molar-refractivity contribution in [3.05, 3.63) is 30.1 Å². The largest absolute Gasteiger partial charge is 0.488 e. The minimum atomic E-state index is -0.901.